The lowest BCUT2D eigenvalue weighted by molar-refractivity contribution is -0.126. The smallest absolute Gasteiger partial charge is 0.338 e. The lowest BCUT2D eigenvalue weighted by Crippen LogP contribution is -2.35. The van der Waals surface area contributed by atoms with Crippen LogP contribution in [0, 0.1) is 11.6 Å². The first kappa shape index (κ1) is 18.8. The summed E-state index contributed by atoms with van der Waals surface area (Å²) in [5, 5.41) is 13.7. The second kappa shape index (κ2) is 8.56. The van der Waals surface area contributed by atoms with Gasteiger partial charge in [-0.25, -0.2) is 13.6 Å². The molecule has 0 aromatic heterocycles. The summed E-state index contributed by atoms with van der Waals surface area (Å²) >= 11 is 0. The summed E-state index contributed by atoms with van der Waals surface area (Å²) in [7, 11) is 0. The standard InChI is InChI=1S/C17H14F2N2O5/c18-13-5-4-11(7-14(13)19)21-15(23)8-20-16(24)9-26-17(25)10-2-1-3-12(22)6-10/h1-7,22H,8-9H2,(H,20,24)(H,21,23). The molecule has 26 heavy (non-hydrogen) atoms. The number of nitrogens with one attached hydrogen (secondary N) is 2. The van der Waals surface area contributed by atoms with Gasteiger partial charge in [0.15, 0.2) is 18.2 Å². The van der Waals surface area contributed by atoms with Gasteiger partial charge in [0.25, 0.3) is 5.91 Å². The van der Waals surface area contributed by atoms with Crippen molar-refractivity contribution in [3.05, 3.63) is 59.7 Å². The number of carbonyl (C=O) groups excluding carboxylic acids is 3. The highest BCUT2D eigenvalue weighted by Crippen LogP contribution is 2.13. The molecule has 0 radical (unpaired) electrons. The van der Waals surface area contributed by atoms with Crippen LogP contribution in [0.3, 0.4) is 0 Å². The number of hydrogen-bond acceptors (Lipinski definition) is 5. The first-order chi connectivity index (χ1) is 12.3. The molecular weight excluding hydrogens is 350 g/mol. The topological polar surface area (TPSA) is 105 Å². The quantitative estimate of drug-likeness (QED) is 0.675. The Labute approximate surface area is 146 Å². The van der Waals surface area contributed by atoms with Gasteiger partial charge in [-0.1, -0.05) is 6.07 Å². The minimum atomic E-state index is -1.12. The molecule has 0 bridgehead atoms. The summed E-state index contributed by atoms with van der Waals surface area (Å²) in [6.45, 7) is -1.09. The van der Waals surface area contributed by atoms with E-state index in [9.17, 15) is 28.3 Å². The third-order valence-corrected chi connectivity index (χ3v) is 3.07. The van der Waals surface area contributed by atoms with Gasteiger partial charge >= 0.3 is 5.97 Å². The molecular formula is C17H14F2N2O5. The van der Waals surface area contributed by atoms with E-state index in [1.165, 1.54) is 24.3 Å². The first-order valence-corrected chi connectivity index (χ1v) is 7.33. The van der Waals surface area contributed by atoms with Crippen LogP contribution in [0.4, 0.5) is 14.5 Å². The van der Waals surface area contributed by atoms with Crippen molar-refractivity contribution >= 4 is 23.5 Å². The number of carbonyl (C=O) groups is 3. The number of anilines is 1. The molecule has 0 fully saturated rings. The highest BCUT2D eigenvalue weighted by Gasteiger charge is 2.12. The van der Waals surface area contributed by atoms with Crippen molar-refractivity contribution < 1.29 is 33.0 Å². The molecule has 2 amide bonds. The summed E-state index contributed by atoms with van der Waals surface area (Å²) in [5.74, 6) is -4.53. The van der Waals surface area contributed by atoms with E-state index in [1.54, 1.807) is 0 Å². The van der Waals surface area contributed by atoms with Crippen molar-refractivity contribution in [2.24, 2.45) is 0 Å². The lowest BCUT2D eigenvalue weighted by Gasteiger charge is -2.08. The van der Waals surface area contributed by atoms with Crippen LogP contribution in [0.25, 0.3) is 0 Å². The fourth-order valence-corrected chi connectivity index (χ4v) is 1.86. The Bertz CT molecular complexity index is 842. The Hall–Kier alpha value is -3.49. The van der Waals surface area contributed by atoms with Crippen molar-refractivity contribution in [2.45, 2.75) is 0 Å². The zero-order valence-electron chi connectivity index (χ0n) is 13.3. The maximum absolute atomic E-state index is 13.0. The van der Waals surface area contributed by atoms with E-state index in [0.717, 1.165) is 18.2 Å². The molecule has 0 saturated heterocycles. The average Bonchev–Trinajstić information content (AvgIpc) is 2.61. The Morgan fingerprint density at radius 2 is 1.77 bits per heavy atom. The zero-order chi connectivity index (χ0) is 19.1. The van der Waals surface area contributed by atoms with E-state index < -0.39 is 42.6 Å². The summed E-state index contributed by atoms with van der Waals surface area (Å²) in [4.78, 5) is 34.9. The number of rotatable bonds is 6. The molecule has 0 heterocycles. The highest BCUT2D eigenvalue weighted by atomic mass is 19.2. The average molecular weight is 364 g/mol. The van der Waals surface area contributed by atoms with Crippen LogP contribution in [-0.2, 0) is 14.3 Å². The summed E-state index contributed by atoms with van der Waals surface area (Å²) < 4.78 is 30.5. The number of esters is 1. The van der Waals surface area contributed by atoms with Crippen molar-refractivity contribution in [2.75, 3.05) is 18.5 Å². The summed E-state index contributed by atoms with van der Waals surface area (Å²) in [6, 6.07) is 8.19. The molecule has 0 unspecified atom stereocenters. The third-order valence-electron chi connectivity index (χ3n) is 3.07. The number of aromatic hydroxyl groups is 1. The van der Waals surface area contributed by atoms with Crippen LogP contribution in [0.1, 0.15) is 10.4 Å². The van der Waals surface area contributed by atoms with Gasteiger partial charge in [-0.3, -0.25) is 9.59 Å². The summed E-state index contributed by atoms with van der Waals surface area (Å²) in [5.41, 5.74) is 0.0901. The molecule has 0 aliphatic heterocycles. The van der Waals surface area contributed by atoms with Gasteiger partial charge < -0.3 is 20.5 Å². The van der Waals surface area contributed by atoms with E-state index in [1.807, 2.05) is 0 Å². The van der Waals surface area contributed by atoms with Crippen LogP contribution >= 0.6 is 0 Å². The molecule has 0 atom stereocenters. The van der Waals surface area contributed by atoms with Gasteiger partial charge in [-0.05, 0) is 30.3 Å². The maximum Gasteiger partial charge on any atom is 0.338 e. The van der Waals surface area contributed by atoms with Crippen LogP contribution in [-0.4, -0.2) is 36.0 Å². The molecule has 0 aliphatic carbocycles. The van der Waals surface area contributed by atoms with Gasteiger partial charge in [-0.2, -0.15) is 0 Å². The highest BCUT2D eigenvalue weighted by molar-refractivity contribution is 5.95. The molecule has 0 aliphatic rings. The van der Waals surface area contributed by atoms with E-state index in [-0.39, 0.29) is 17.0 Å². The SMILES string of the molecule is O=C(COC(=O)c1cccc(O)c1)NCC(=O)Nc1ccc(F)c(F)c1. The van der Waals surface area contributed by atoms with Crippen molar-refractivity contribution in [1.82, 2.24) is 5.32 Å². The lowest BCUT2D eigenvalue weighted by atomic mass is 10.2. The molecule has 2 rings (SSSR count). The molecule has 2 aromatic carbocycles. The van der Waals surface area contributed by atoms with Gasteiger partial charge in [0.2, 0.25) is 5.91 Å². The van der Waals surface area contributed by atoms with Crippen LogP contribution in [0.15, 0.2) is 42.5 Å². The second-order valence-corrected chi connectivity index (χ2v) is 5.08. The third kappa shape index (κ3) is 5.55. The Balaban J connectivity index is 1.74. The molecule has 2 aromatic rings. The normalized spacial score (nSPS) is 10.1. The monoisotopic (exact) mass is 364 g/mol. The number of benzene rings is 2. The number of halogens is 2. The number of ether oxygens (including phenoxy) is 1. The predicted octanol–water partition coefficient (Wildman–Crippen LogP) is 1.58. The fourth-order valence-electron chi connectivity index (χ4n) is 1.86. The van der Waals surface area contributed by atoms with Gasteiger partial charge in [0.1, 0.15) is 5.75 Å². The van der Waals surface area contributed by atoms with E-state index >= 15 is 0 Å². The number of amides is 2. The van der Waals surface area contributed by atoms with Gasteiger partial charge in [0.05, 0.1) is 12.1 Å². The Morgan fingerprint density at radius 1 is 1.00 bits per heavy atom. The fraction of sp³-hybridized carbons (Fsp3) is 0.118. The predicted molar refractivity (Wildman–Crippen MR) is 86.4 cm³/mol. The molecule has 7 nitrogen and oxygen atoms in total. The van der Waals surface area contributed by atoms with Crippen LogP contribution in [0.2, 0.25) is 0 Å². The van der Waals surface area contributed by atoms with Crippen LogP contribution < -0.4 is 10.6 Å². The number of hydrogen-bond donors (Lipinski definition) is 3. The van der Waals surface area contributed by atoms with Gasteiger partial charge in [0, 0.05) is 11.8 Å². The van der Waals surface area contributed by atoms with Crippen molar-refractivity contribution in [3.8, 4) is 5.75 Å². The van der Waals surface area contributed by atoms with Gasteiger partial charge in [-0.15, -0.1) is 0 Å². The van der Waals surface area contributed by atoms with Crippen molar-refractivity contribution in [3.63, 3.8) is 0 Å². The molecule has 0 saturated carbocycles. The first-order valence-electron chi connectivity index (χ1n) is 7.33. The van der Waals surface area contributed by atoms with E-state index in [0.29, 0.717) is 0 Å². The maximum atomic E-state index is 13.0. The van der Waals surface area contributed by atoms with E-state index in [2.05, 4.69) is 10.6 Å². The number of phenols is 1. The Morgan fingerprint density at radius 3 is 2.46 bits per heavy atom. The largest absolute Gasteiger partial charge is 0.508 e. The molecule has 3 N–H and O–H groups in total. The summed E-state index contributed by atoms with van der Waals surface area (Å²) in [6.07, 6.45) is 0. The second-order valence-electron chi connectivity index (χ2n) is 5.08. The van der Waals surface area contributed by atoms with E-state index in [4.69, 9.17) is 4.74 Å². The Kier molecular flexibility index (Phi) is 6.20. The minimum Gasteiger partial charge on any atom is -0.508 e. The zero-order valence-corrected chi connectivity index (χ0v) is 13.3. The molecule has 136 valence electrons. The minimum absolute atomic E-state index is 0.0264. The van der Waals surface area contributed by atoms with Crippen LogP contribution in [0.5, 0.6) is 5.75 Å². The number of phenolic OH excluding ortho intramolecular Hbond substituents is 1. The van der Waals surface area contributed by atoms with Crippen molar-refractivity contribution in [1.29, 1.82) is 0 Å². The molecule has 9 heteroatoms. The molecule has 0 spiro atoms.